The molecule has 23 heavy (non-hydrogen) atoms. The molecule has 0 radical (unpaired) electrons. The zero-order valence-corrected chi connectivity index (χ0v) is 12.8. The van der Waals surface area contributed by atoms with Crippen LogP contribution in [-0.4, -0.2) is 24.1 Å². The summed E-state index contributed by atoms with van der Waals surface area (Å²) in [6.07, 6.45) is 0.741. The number of aryl methyl sites for hydroxylation is 1. The van der Waals surface area contributed by atoms with Crippen LogP contribution in [-0.2, 0) is 11.2 Å². The van der Waals surface area contributed by atoms with Gasteiger partial charge in [-0.1, -0.05) is 18.2 Å². The maximum atomic E-state index is 11.9. The summed E-state index contributed by atoms with van der Waals surface area (Å²) in [6.45, 7) is 0. The number of phenolic OH excluding ortho intramolecular Hbond substituents is 1. The molecule has 0 atom stereocenters. The van der Waals surface area contributed by atoms with Crippen LogP contribution in [0.5, 0.6) is 5.75 Å². The second-order valence-corrected chi connectivity index (χ2v) is 4.96. The standard InChI is InChI=1S/C17H19N3O3/c1-18-17(23)20-14-9-7-13(8-10-14)19-16(22)11-6-12-4-2-3-5-15(12)21/h2-5,7-10,21H,6,11H2,1H3,(H,19,22)(H2,18,20,23). The molecule has 0 aliphatic rings. The number of nitrogens with one attached hydrogen (secondary N) is 3. The Balaban J connectivity index is 1.85. The number of urea groups is 1. The predicted octanol–water partition coefficient (Wildman–Crippen LogP) is 2.71. The Morgan fingerprint density at radius 1 is 0.957 bits per heavy atom. The SMILES string of the molecule is CNC(=O)Nc1ccc(NC(=O)CCc2ccccc2O)cc1. The summed E-state index contributed by atoms with van der Waals surface area (Å²) in [6, 6.07) is 13.5. The number of aromatic hydroxyl groups is 1. The minimum absolute atomic E-state index is 0.139. The topological polar surface area (TPSA) is 90.5 Å². The number of anilines is 2. The van der Waals surface area contributed by atoms with Crippen LogP contribution in [0.2, 0.25) is 0 Å². The third-order valence-corrected chi connectivity index (χ3v) is 3.27. The number of hydrogen-bond acceptors (Lipinski definition) is 3. The Hall–Kier alpha value is -3.02. The Morgan fingerprint density at radius 3 is 2.17 bits per heavy atom. The van der Waals surface area contributed by atoms with Gasteiger partial charge in [-0.15, -0.1) is 0 Å². The second kappa shape index (κ2) is 7.84. The largest absolute Gasteiger partial charge is 0.508 e. The van der Waals surface area contributed by atoms with Crippen molar-refractivity contribution in [3.63, 3.8) is 0 Å². The zero-order valence-electron chi connectivity index (χ0n) is 12.8. The van der Waals surface area contributed by atoms with E-state index in [1.54, 1.807) is 42.5 Å². The molecule has 6 heteroatoms. The first kappa shape index (κ1) is 16.4. The van der Waals surface area contributed by atoms with Crippen molar-refractivity contribution in [1.29, 1.82) is 0 Å². The first-order chi connectivity index (χ1) is 11.1. The summed E-state index contributed by atoms with van der Waals surface area (Å²) in [5.74, 6) is 0.0604. The quantitative estimate of drug-likeness (QED) is 0.684. The number of phenols is 1. The molecule has 0 aliphatic carbocycles. The van der Waals surface area contributed by atoms with E-state index in [0.29, 0.717) is 17.8 Å². The van der Waals surface area contributed by atoms with Crippen molar-refractivity contribution >= 4 is 23.3 Å². The maximum Gasteiger partial charge on any atom is 0.318 e. The van der Waals surface area contributed by atoms with Crippen LogP contribution in [0, 0.1) is 0 Å². The number of carbonyl (C=O) groups is 2. The molecule has 0 heterocycles. The number of benzene rings is 2. The smallest absolute Gasteiger partial charge is 0.318 e. The molecule has 2 aromatic carbocycles. The minimum Gasteiger partial charge on any atom is -0.508 e. The van der Waals surface area contributed by atoms with Crippen molar-refractivity contribution in [2.24, 2.45) is 0 Å². The van der Waals surface area contributed by atoms with Gasteiger partial charge in [0.05, 0.1) is 0 Å². The molecule has 0 fully saturated rings. The van der Waals surface area contributed by atoms with Crippen LogP contribution in [0.1, 0.15) is 12.0 Å². The molecule has 3 amide bonds. The highest BCUT2D eigenvalue weighted by atomic mass is 16.3. The van der Waals surface area contributed by atoms with Gasteiger partial charge in [-0.25, -0.2) is 4.79 Å². The number of amides is 3. The van der Waals surface area contributed by atoms with Crippen molar-refractivity contribution in [3.05, 3.63) is 54.1 Å². The van der Waals surface area contributed by atoms with Crippen LogP contribution >= 0.6 is 0 Å². The third kappa shape index (κ3) is 5.03. The van der Waals surface area contributed by atoms with Gasteiger partial charge in [-0.3, -0.25) is 4.79 Å². The molecule has 0 saturated heterocycles. The van der Waals surface area contributed by atoms with Gasteiger partial charge < -0.3 is 21.1 Å². The van der Waals surface area contributed by atoms with Crippen molar-refractivity contribution in [1.82, 2.24) is 5.32 Å². The van der Waals surface area contributed by atoms with Crippen molar-refractivity contribution in [2.75, 3.05) is 17.7 Å². The normalized spacial score (nSPS) is 9.96. The fourth-order valence-electron chi connectivity index (χ4n) is 2.02. The molecule has 0 aliphatic heterocycles. The van der Waals surface area contributed by atoms with E-state index < -0.39 is 0 Å². The van der Waals surface area contributed by atoms with E-state index in [-0.39, 0.29) is 24.1 Å². The van der Waals surface area contributed by atoms with E-state index in [9.17, 15) is 14.7 Å². The van der Waals surface area contributed by atoms with Crippen LogP contribution in [0.4, 0.5) is 16.2 Å². The van der Waals surface area contributed by atoms with Gasteiger partial charge in [0.2, 0.25) is 5.91 Å². The maximum absolute atomic E-state index is 11.9. The summed E-state index contributed by atoms with van der Waals surface area (Å²) in [5, 5.41) is 17.5. The highest BCUT2D eigenvalue weighted by Crippen LogP contribution is 2.18. The third-order valence-electron chi connectivity index (χ3n) is 3.27. The summed E-state index contributed by atoms with van der Waals surface area (Å²) < 4.78 is 0. The van der Waals surface area contributed by atoms with Gasteiger partial charge in [0.25, 0.3) is 0 Å². The average molecular weight is 313 g/mol. The van der Waals surface area contributed by atoms with Crippen LogP contribution in [0.3, 0.4) is 0 Å². The first-order valence-corrected chi connectivity index (χ1v) is 7.24. The van der Waals surface area contributed by atoms with Crippen LogP contribution < -0.4 is 16.0 Å². The summed E-state index contributed by atoms with van der Waals surface area (Å²) in [4.78, 5) is 23.1. The Kier molecular flexibility index (Phi) is 5.57. The first-order valence-electron chi connectivity index (χ1n) is 7.24. The van der Waals surface area contributed by atoms with Gasteiger partial charge in [-0.05, 0) is 42.3 Å². The molecule has 2 aromatic rings. The van der Waals surface area contributed by atoms with Gasteiger partial charge in [0, 0.05) is 24.8 Å². The van der Waals surface area contributed by atoms with Gasteiger partial charge >= 0.3 is 6.03 Å². The zero-order chi connectivity index (χ0) is 16.7. The molecule has 6 nitrogen and oxygen atoms in total. The molecular weight excluding hydrogens is 294 g/mol. The molecule has 0 bridgehead atoms. The lowest BCUT2D eigenvalue weighted by Crippen LogP contribution is -2.24. The fourth-order valence-corrected chi connectivity index (χ4v) is 2.02. The molecule has 0 unspecified atom stereocenters. The monoisotopic (exact) mass is 313 g/mol. The second-order valence-electron chi connectivity index (χ2n) is 4.96. The summed E-state index contributed by atoms with van der Waals surface area (Å²) in [7, 11) is 1.54. The summed E-state index contributed by atoms with van der Waals surface area (Å²) in [5.41, 5.74) is 2.03. The molecule has 0 spiro atoms. The lowest BCUT2D eigenvalue weighted by Gasteiger charge is -2.08. The highest BCUT2D eigenvalue weighted by molar-refractivity contribution is 5.92. The van der Waals surface area contributed by atoms with Gasteiger partial charge in [0.1, 0.15) is 5.75 Å². The average Bonchev–Trinajstić information content (AvgIpc) is 2.56. The number of para-hydroxylation sites is 1. The lowest BCUT2D eigenvalue weighted by molar-refractivity contribution is -0.116. The van der Waals surface area contributed by atoms with E-state index in [2.05, 4.69) is 16.0 Å². The molecular formula is C17H19N3O3. The Morgan fingerprint density at radius 2 is 1.57 bits per heavy atom. The van der Waals surface area contributed by atoms with E-state index in [4.69, 9.17) is 0 Å². The fraction of sp³-hybridized carbons (Fsp3) is 0.176. The van der Waals surface area contributed by atoms with Crippen LogP contribution in [0.15, 0.2) is 48.5 Å². The van der Waals surface area contributed by atoms with E-state index in [1.165, 1.54) is 7.05 Å². The number of hydrogen-bond donors (Lipinski definition) is 4. The number of carbonyl (C=O) groups excluding carboxylic acids is 2. The predicted molar refractivity (Wildman–Crippen MR) is 89.6 cm³/mol. The molecule has 4 N–H and O–H groups in total. The van der Waals surface area contributed by atoms with E-state index in [0.717, 1.165) is 5.56 Å². The van der Waals surface area contributed by atoms with Crippen molar-refractivity contribution < 1.29 is 14.7 Å². The van der Waals surface area contributed by atoms with E-state index >= 15 is 0 Å². The van der Waals surface area contributed by atoms with Crippen molar-refractivity contribution in [2.45, 2.75) is 12.8 Å². The molecule has 0 aromatic heterocycles. The highest BCUT2D eigenvalue weighted by Gasteiger charge is 2.06. The minimum atomic E-state index is -0.301. The van der Waals surface area contributed by atoms with Gasteiger partial charge in [0.15, 0.2) is 0 Å². The molecule has 120 valence electrons. The Bertz CT molecular complexity index is 684. The number of rotatable bonds is 5. The Labute approximate surface area is 134 Å². The van der Waals surface area contributed by atoms with E-state index in [1.807, 2.05) is 6.07 Å². The lowest BCUT2D eigenvalue weighted by atomic mass is 10.1. The molecule has 0 saturated carbocycles. The van der Waals surface area contributed by atoms with Crippen molar-refractivity contribution in [3.8, 4) is 5.75 Å². The summed E-state index contributed by atoms with van der Waals surface area (Å²) >= 11 is 0. The van der Waals surface area contributed by atoms with Crippen LogP contribution in [0.25, 0.3) is 0 Å². The molecule has 2 rings (SSSR count). The van der Waals surface area contributed by atoms with Gasteiger partial charge in [-0.2, -0.15) is 0 Å².